The van der Waals surface area contributed by atoms with Crippen LogP contribution in [0.1, 0.15) is 32.6 Å². The number of thiol groups is 1. The molecule has 1 fully saturated rings. The van der Waals surface area contributed by atoms with E-state index in [1.54, 1.807) is 0 Å². The highest BCUT2D eigenvalue weighted by molar-refractivity contribution is 7.80. The van der Waals surface area contributed by atoms with E-state index in [1.165, 1.54) is 25.7 Å². The van der Waals surface area contributed by atoms with Gasteiger partial charge in [0.25, 0.3) is 0 Å². The third kappa shape index (κ3) is 2.93. The van der Waals surface area contributed by atoms with Crippen LogP contribution >= 0.6 is 12.6 Å². The Morgan fingerprint density at radius 2 is 1.70 bits per heavy atom. The Labute approximate surface area is 68.9 Å². The SMILES string of the molecule is CC1CCC(CS)CC1.O. The summed E-state index contributed by atoms with van der Waals surface area (Å²) in [4.78, 5) is 0. The molecule has 0 saturated heterocycles. The van der Waals surface area contributed by atoms with Crippen molar-refractivity contribution >= 4 is 12.6 Å². The van der Waals surface area contributed by atoms with Crippen LogP contribution in [0.15, 0.2) is 0 Å². The Bertz CT molecular complexity index is 77.3. The minimum Gasteiger partial charge on any atom is -0.412 e. The molecule has 1 saturated carbocycles. The summed E-state index contributed by atoms with van der Waals surface area (Å²) in [6, 6.07) is 0. The lowest BCUT2D eigenvalue weighted by Crippen LogP contribution is -2.12. The van der Waals surface area contributed by atoms with Crippen molar-refractivity contribution in [2.75, 3.05) is 5.75 Å². The van der Waals surface area contributed by atoms with Crippen LogP contribution in [0.25, 0.3) is 0 Å². The highest BCUT2D eigenvalue weighted by atomic mass is 32.1. The van der Waals surface area contributed by atoms with E-state index in [2.05, 4.69) is 19.6 Å². The molecule has 0 amide bonds. The van der Waals surface area contributed by atoms with Crippen LogP contribution in [0.5, 0.6) is 0 Å². The summed E-state index contributed by atoms with van der Waals surface area (Å²) in [5, 5.41) is 0. The molecule has 0 aliphatic heterocycles. The van der Waals surface area contributed by atoms with Crippen molar-refractivity contribution in [3.8, 4) is 0 Å². The minimum atomic E-state index is 0. The van der Waals surface area contributed by atoms with Gasteiger partial charge in [0.15, 0.2) is 0 Å². The van der Waals surface area contributed by atoms with Crippen molar-refractivity contribution in [3.05, 3.63) is 0 Å². The van der Waals surface area contributed by atoms with E-state index >= 15 is 0 Å². The zero-order valence-corrected chi connectivity index (χ0v) is 7.53. The molecule has 0 aromatic carbocycles. The van der Waals surface area contributed by atoms with E-state index < -0.39 is 0 Å². The summed E-state index contributed by atoms with van der Waals surface area (Å²) in [5.41, 5.74) is 0. The third-order valence-electron chi connectivity index (χ3n) is 2.39. The molecule has 1 aliphatic rings. The van der Waals surface area contributed by atoms with E-state index in [-0.39, 0.29) is 5.48 Å². The predicted octanol–water partition coefficient (Wildman–Crippen LogP) is 1.92. The van der Waals surface area contributed by atoms with Gasteiger partial charge in [-0.2, -0.15) is 12.6 Å². The van der Waals surface area contributed by atoms with Crippen molar-refractivity contribution < 1.29 is 5.48 Å². The Morgan fingerprint density at radius 3 is 2.10 bits per heavy atom. The molecule has 0 aromatic rings. The monoisotopic (exact) mass is 162 g/mol. The molecular weight excluding hydrogens is 144 g/mol. The fourth-order valence-corrected chi connectivity index (χ4v) is 1.88. The van der Waals surface area contributed by atoms with E-state index in [4.69, 9.17) is 0 Å². The van der Waals surface area contributed by atoms with Gasteiger partial charge in [-0.25, -0.2) is 0 Å². The molecule has 1 nitrogen and oxygen atoms in total. The van der Waals surface area contributed by atoms with E-state index in [0.717, 1.165) is 17.6 Å². The number of hydrogen-bond acceptors (Lipinski definition) is 1. The first kappa shape index (κ1) is 10.3. The second-order valence-corrected chi connectivity index (χ2v) is 3.67. The van der Waals surface area contributed by atoms with Gasteiger partial charge in [-0.05, 0) is 30.4 Å². The summed E-state index contributed by atoms with van der Waals surface area (Å²) < 4.78 is 0. The Morgan fingerprint density at radius 1 is 1.20 bits per heavy atom. The molecule has 1 aliphatic carbocycles. The van der Waals surface area contributed by atoms with Crippen LogP contribution in [0.3, 0.4) is 0 Å². The van der Waals surface area contributed by atoms with Gasteiger partial charge in [0, 0.05) is 0 Å². The van der Waals surface area contributed by atoms with Gasteiger partial charge in [-0.15, -0.1) is 0 Å². The van der Waals surface area contributed by atoms with E-state index in [0.29, 0.717) is 0 Å². The molecule has 0 heterocycles. The second kappa shape index (κ2) is 5.03. The van der Waals surface area contributed by atoms with Crippen LogP contribution < -0.4 is 0 Å². The fraction of sp³-hybridized carbons (Fsp3) is 1.00. The van der Waals surface area contributed by atoms with Crippen molar-refractivity contribution in [2.45, 2.75) is 32.6 Å². The normalized spacial score (nSPS) is 33.0. The fourth-order valence-electron chi connectivity index (χ4n) is 1.51. The lowest BCUT2D eigenvalue weighted by molar-refractivity contribution is 0.312. The lowest BCUT2D eigenvalue weighted by atomic mass is 9.84. The minimum absolute atomic E-state index is 0. The lowest BCUT2D eigenvalue weighted by Gasteiger charge is -2.24. The number of hydrogen-bond donors (Lipinski definition) is 1. The van der Waals surface area contributed by atoms with Gasteiger partial charge < -0.3 is 5.48 Å². The van der Waals surface area contributed by atoms with Crippen LogP contribution in [0, 0.1) is 11.8 Å². The Balaban J connectivity index is 0.000000810. The zero-order chi connectivity index (χ0) is 6.69. The smallest absolute Gasteiger partial charge is 0.00695 e. The van der Waals surface area contributed by atoms with Crippen LogP contribution in [0.4, 0.5) is 0 Å². The average Bonchev–Trinajstić information content (AvgIpc) is 1.90. The van der Waals surface area contributed by atoms with Gasteiger partial charge in [0.1, 0.15) is 0 Å². The topological polar surface area (TPSA) is 31.5 Å². The third-order valence-corrected chi connectivity index (χ3v) is 2.91. The summed E-state index contributed by atoms with van der Waals surface area (Å²) in [7, 11) is 0. The Hall–Kier alpha value is 0.310. The van der Waals surface area contributed by atoms with Crippen LogP contribution in [-0.4, -0.2) is 11.2 Å². The maximum absolute atomic E-state index is 4.29. The average molecular weight is 162 g/mol. The molecule has 2 heteroatoms. The molecule has 0 bridgehead atoms. The van der Waals surface area contributed by atoms with Crippen LogP contribution in [-0.2, 0) is 0 Å². The summed E-state index contributed by atoms with van der Waals surface area (Å²) in [6.45, 7) is 2.36. The molecule has 0 aromatic heterocycles. The van der Waals surface area contributed by atoms with Gasteiger partial charge in [0.05, 0.1) is 0 Å². The first-order valence-electron chi connectivity index (χ1n) is 3.93. The first-order chi connectivity index (χ1) is 4.33. The highest BCUT2D eigenvalue weighted by Crippen LogP contribution is 2.28. The van der Waals surface area contributed by atoms with E-state index in [1.807, 2.05) is 0 Å². The quantitative estimate of drug-likeness (QED) is 0.571. The van der Waals surface area contributed by atoms with Gasteiger partial charge >= 0.3 is 0 Å². The second-order valence-electron chi connectivity index (χ2n) is 3.31. The summed E-state index contributed by atoms with van der Waals surface area (Å²) in [6.07, 6.45) is 5.71. The molecule has 0 radical (unpaired) electrons. The first-order valence-corrected chi connectivity index (χ1v) is 4.57. The van der Waals surface area contributed by atoms with Crippen molar-refractivity contribution in [2.24, 2.45) is 11.8 Å². The molecular formula is C8H18OS. The maximum atomic E-state index is 4.29. The molecule has 0 spiro atoms. The van der Waals surface area contributed by atoms with Crippen molar-refractivity contribution in [3.63, 3.8) is 0 Å². The van der Waals surface area contributed by atoms with Crippen molar-refractivity contribution in [1.82, 2.24) is 0 Å². The van der Waals surface area contributed by atoms with E-state index in [9.17, 15) is 0 Å². The largest absolute Gasteiger partial charge is 0.412 e. The Kier molecular flexibility index (Phi) is 5.18. The highest BCUT2D eigenvalue weighted by Gasteiger charge is 2.15. The van der Waals surface area contributed by atoms with Gasteiger partial charge in [-0.3, -0.25) is 0 Å². The molecule has 2 N–H and O–H groups in total. The molecule has 1 rings (SSSR count). The summed E-state index contributed by atoms with van der Waals surface area (Å²) >= 11 is 4.29. The molecule has 0 unspecified atom stereocenters. The number of rotatable bonds is 1. The standard InChI is InChI=1S/C8H16S.H2O/c1-7-2-4-8(6-9)5-3-7;/h7-9H,2-6H2,1H3;1H2. The van der Waals surface area contributed by atoms with Gasteiger partial charge in [-0.1, -0.05) is 19.8 Å². The molecule has 62 valence electrons. The maximum Gasteiger partial charge on any atom is -0.00695 e. The molecule has 10 heavy (non-hydrogen) atoms. The molecule has 0 atom stereocenters. The zero-order valence-electron chi connectivity index (χ0n) is 6.64. The predicted molar refractivity (Wildman–Crippen MR) is 48.6 cm³/mol. The van der Waals surface area contributed by atoms with Gasteiger partial charge in [0.2, 0.25) is 0 Å². The van der Waals surface area contributed by atoms with Crippen LogP contribution in [0.2, 0.25) is 0 Å². The van der Waals surface area contributed by atoms with Crippen molar-refractivity contribution in [1.29, 1.82) is 0 Å². The summed E-state index contributed by atoms with van der Waals surface area (Å²) in [5.74, 6) is 3.03.